The molecule has 0 bridgehead atoms. The number of rotatable bonds is 5. The largest absolute Gasteiger partial charge is 0.494 e. The van der Waals surface area contributed by atoms with E-state index in [2.05, 4.69) is 20.8 Å². The van der Waals surface area contributed by atoms with Crippen LogP contribution in [0.25, 0.3) is 0 Å². The van der Waals surface area contributed by atoms with E-state index in [1.54, 1.807) is 4.90 Å². The number of hydrogen-bond donors (Lipinski definition) is 1. The number of carbonyl (C=O) groups is 1. The molecular weight excluding hydrogens is 252 g/mol. The summed E-state index contributed by atoms with van der Waals surface area (Å²) < 4.78 is 5.56. The SMILES string of the molecule is CCCOc1cccc(C(=O)N2CC(N)(C(C)C)C2)c1. The predicted molar refractivity (Wildman–Crippen MR) is 79.9 cm³/mol. The standard InChI is InChI=1S/C16H24N2O2/c1-4-8-20-14-7-5-6-13(9-14)15(19)18-10-16(17,11-18)12(2)3/h5-7,9,12H,4,8,10-11,17H2,1-3H3. The van der Waals surface area contributed by atoms with E-state index in [1.807, 2.05) is 24.3 Å². The van der Waals surface area contributed by atoms with Gasteiger partial charge in [0.2, 0.25) is 0 Å². The first kappa shape index (κ1) is 14.9. The summed E-state index contributed by atoms with van der Waals surface area (Å²) in [6, 6.07) is 7.37. The van der Waals surface area contributed by atoms with Gasteiger partial charge in [0.05, 0.1) is 12.1 Å². The molecule has 20 heavy (non-hydrogen) atoms. The minimum absolute atomic E-state index is 0.0358. The van der Waals surface area contributed by atoms with E-state index in [9.17, 15) is 4.79 Å². The summed E-state index contributed by atoms with van der Waals surface area (Å²) in [4.78, 5) is 14.2. The maximum atomic E-state index is 12.4. The van der Waals surface area contributed by atoms with Gasteiger partial charge in [-0.1, -0.05) is 26.8 Å². The maximum Gasteiger partial charge on any atom is 0.254 e. The molecule has 110 valence electrons. The van der Waals surface area contributed by atoms with E-state index >= 15 is 0 Å². The lowest BCUT2D eigenvalue weighted by atomic mass is 9.80. The summed E-state index contributed by atoms with van der Waals surface area (Å²) in [5.41, 5.74) is 6.67. The molecule has 0 saturated carbocycles. The smallest absolute Gasteiger partial charge is 0.254 e. The molecule has 1 aromatic carbocycles. The van der Waals surface area contributed by atoms with Crippen LogP contribution in [0.2, 0.25) is 0 Å². The number of hydrogen-bond acceptors (Lipinski definition) is 3. The summed E-state index contributed by atoms with van der Waals surface area (Å²) in [6.07, 6.45) is 0.953. The second-order valence-electron chi connectivity index (χ2n) is 5.93. The van der Waals surface area contributed by atoms with Crippen molar-refractivity contribution in [3.05, 3.63) is 29.8 Å². The van der Waals surface area contributed by atoms with Gasteiger partial charge in [-0.05, 0) is 30.5 Å². The Balaban J connectivity index is 2.00. The first-order valence-corrected chi connectivity index (χ1v) is 7.27. The number of likely N-dealkylation sites (tertiary alicyclic amines) is 1. The lowest BCUT2D eigenvalue weighted by Gasteiger charge is -2.50. The van der Waals surface area contributed by atoms with E-state index in [-0.39, 0.29) is 11.4 Å². The molecule has 2 rings (SSSR count). The third-order valence-electron chi connectivity index (χ3n) is 3.96. The minimum Gasteiger partial charge on any atom is -0.494 e. The van der Waals surface area contributed by atoms with Crippen LogP contribution in [0.4, 0.5) is 0 Å². The number of amides is 1. The Morgan fingerprint density at radius 1 is 1.45 bits per heavy atom. The fourth-order valence-electron chi connectivity index (χ4n) is 2.29. The van der Waals surface area contributed by atoms with Crippen molar-refractivity contribution in [3.63, 3.8) is 0 Å². The fraction of sp³-hybridized carbons (Fsp3) is 0.562. The zero-order chi connectivity index (χ0) is 14.8. The molecule has 1 fully saturated rings. The second-order valence-corrected chi connectivity index (χ2v) is 5.93. The highest BCUT2D eigenvalue weighted by atomic mass is 16.5. The van der Waals surface area contributed by atoms with Gasteiger partial charge in [-0.2, -0.15) is 0 Å². The lowest BCUT2D eigenvalue weighted by molar-refractivity contribution is 0.0274. The van der Waals surface area contributed by atoms with Gasteiger partial charge in [0.25, 0.3) is 5.91 Å². The van der Waals surface area contributed by atoms with E-state index in [4.69, 9.17) is 10.5 Å². The molecule has 4 nitrogen and oxygen atoms in total. The Morgan fingerprint density at radius 2 is 2.15 bits per heavy atom. The average molecular weight is 276 g/mol. The Kier molecular flexibility index (Phi) is 4.33. The first-order valence-electron chi connectivity index (χ1n) is 7.27. The Morgan fingerprint density at radius 3 is 2.75 bits per heavy atom. The van der Waals surface area contributed by atoms with Crippen LogP contribution in [0.1, 0.15) is 37.6 Å². The molecule has 0 spiro atoms. The lowest BCUT2D eigenvalue weighted by Crippen LogP contribution is -2.71. The molecule has 1 aliphatic heterocycles. The van der Waals surface area contributed by atoms with Crippen molar-refractivity contribution in [2.75, 3.05) is 19.7 Å². The number of carbonyl (C=O) groups excluding carboxylic acids is 1. The number of nitrogens with two attached hydrogens (primary N) is 1. The van der Waals surface area contributed by atoms with Gasteiger partial charge in [-0.25, -0.2) is 0 Å². The van der Waals surface area contributed by atoms with Crippen molar-refractivity contribution < 1.29 is 9.53 Å². The molecule has 0 aromatic heterocycles. The van der Waals surface area contributed by atoms with Crippen LogP contribution in [-0.2, 0) is 0 Å². The summed E-state index contributed by atoms with van der Waals surface area (Å²) in [5.74, 6) is 1.17. The van der Waals surface area contributed by atoms with Crippen LogP contribution in [0.5, 0.6) is 5.75 Å². The van der Waals surface area contributed by atoms with E-state index in [0.29, 0.717) is 31.2 Å². The predicted octanol–water partition coefficient (Wildman–Crippen LogP) is 2.28. The van der Waals surface area contributed by atoms with E-state index in [1.165, 1.54) is 0 Å². The van der Waals surface area contributed by atoms with E-state index < -0.39 is 0 Å². The number of ether oxygens (including phenoxy) is 1. The monoisotopic (exact) mass is 276 g/mol. The molecule has 1 amide bonds. The normalized spacial score (nSPS) is 16.9. The Bertz CT molecular complexity index is 479. The molecule has 1 saturated heterocycles. The third kappa shape index (κ3) is 2.96. The van der Waals surface area contributed by atoms with Crippen LogP contribution in [-0.4, -0.2) is 36.0 Å². The van der Waals surface area contributed by atoms with Crippen molar-refractivity contribution in [2.24, 2.45) is 11.7 Å². The van der Waals surface area contributed by atoms with Crippen molar-refractivity contribution in [2.45, 2.75) is 32.7 Å². The van der Waals surface area contributed by atoms with Crippen LogP contribution in [0.3, 0.4) is 0 Å². The zero-order valence-electron chi connectivity index (χ0n) is 12.6. The average Bonchev–Trinajstić information content (AvgIpc) is 2.41. The van der Waals surface area contributed by atoms with Crippen LogP contribution in [0.15, 0.2) is 24.3 Å². The van der Waals surface area contributed by atoms with Gasteiger partial charge in [-0.15, -0.1) is 0 Å². The molecule has 0 radical (unpaired) electrons. The highest BCUT2D eigenvalue weighted by molar-refractivity contribution is 5.95. The summed E-state index contributed by atoms with van der Waals surface area (Å²) in [6.45, 7) is 8.18. The van der Waals surface area contributed by atoms with Crippen molar-refractivity contribution in [3.8, 4) is 5.75 Å². The second kappa shape index (κ2) is 5.83. The fourth-order valence-corrected chi connectivity index (χ4v) is 2.29. The van der Waals surface area contributed by atoms with Gasteiger partial charge in [-0.3, -0.25) is 4.79 Å². The van der Waals surface area contributed by atoms with Gasteiger partial charge in [0.15, 0.2) is 0 Å². The van der Waals surface area contributed by atoms with Crippen molar-refractivity contribution >= 4 is 5.91 Å². The zero-order valence-corrected chi connectivity index (χ0v) is 12.6. The summed E-state index contributed by atoms with van der Waals surface area (Å²) in [5, 5.41) is 0. The molecular formula is C16H24N2O2. The van der Waals surface area contributed by atoms with Gasteiger partial charge in [0, 0.05) is 18.7 Å². The van der Waals surface area contributed by atoms with E-state index in [0.717, 1.165) is 12.2 Å². The van der Waals surface area contributed by atoms with Crippen LogP contribution >= 0.6 is 0 Å². The van der Waals surface area contributed by atoms with Gasteiger partial charge < -0.3 is 15.4 Å². The molecule has 1 aliphatic rings. The van der Waals surface area contributed by atoms with Crippen molar-refractivity contribution in [1.82, 2.24) is 4.90 Å². The summed E-state index contributed by atoms with van der Waals surface area (Å²) >= 11 is 0. The molecule has 1 aromatic rings. The molecule has 1 heterocycles. The molecule has 0 atom stereocenters. The van der Waals surface area contributed by atoms with Gasteiger partial charge >= 0.3 is 0 Å². The quantitative estimate of drug-likeness (QED) is 0.897. The third-order valence-corrected chi connectivity index (χ3v) is 3.96. The van der Waals surface area contributed by atoms with Gasteiger partial charge in [0.1, 0.15) is 5.75 Å². The van der Waals surface area contributed by atoms with Crippen molar-refractivity contribution in [1.29, 1.82) is 0 Å². The highest BCUT2D eigenvalue weighted by Crippen LogP contribution is 2.28. The highest BCUT2D eigenvalue weighted by Gasteiger charge is 2.44. The maximum absolute atomic E-state index is 12.4. The molecule has 4 heteroatoms. The Hall–Kier alpha value is -1.55. The van der Waals surface area contributed by atoms with Crippen LogP contribution < -0.4 is 10.5 Å². The van der Waals surface area contributed by atoms with Crippen LogP contribution in [0, 0.1) is 5.92 Å². The number of benzene rings is 1. The minimum atomic E-state index is -0.230. The molecule has 0 aliphatic carbocycles. The summed E-state index contributed by atoms with van der Waals surface area (Å²) in [7, 11) is 0. The molecule has 2 N–H and O–H groups in total. The first-order chi connectivity index (χ1) is 9.46. The number of nitrogens with zero attached hydrogens (tertiary/aromatic N) is 1. The Labute approximate surface area is 120 Å². The topological polar surface area (TPSA) is 55.6 Å². The molecule has 0 unspecified atom stereocenters.